The average molecular weight is 313 g/mol. The highest BCUT2D eigenvalue weighted by molar-refractivity contribution is 7.89. The van der Waals surface area contributed by atoms with E-state index in [2.05, 4.69) is 0 Å². The second-order valence-corrected chi connectivity index (χ2v) is 7.03. The molecule has 1 aromatic carbocycles. The number of aryl methyl sites for hydroxylation is 2. The van der Waals surface area contributed by atoms with Crippen molar-refractivity contribution in [1.29, 1.82) is 0 Å². The van der Waals surface area contributed by atoms with Gasteiger partial charge in [0.05, 0.1) is 12.0 Å². The molecule has 116 valence electrons. The van der Waals surface area contributed by atoms with Gasteiger partial charge >= 0.3 is 5.97 Å². The zero-order chi connectivity index (χ0) is 15.8. The number of carbonyl (C=O) groups is 1. The van der Waals surface area contributed by atoms with Crippen LogP contribution in [-0.2, 0) is 14.8 Å². The molecule has 0 spiro atoms. The number of carboxylic acids is 1. The molecule has 0 radical (unpaired) electrons. The van der Waals surface area contributed by atoms with Gasteiger partial charge in [-0.25, -0.2) is 8.42 Å². The quantitative estimate of drug-likeness (QED) is 0.911. The Balaban J connectivity index is 2.52. The molecular weight excluding hydrogens is 294 g/mol. The van der Waals surface area contributed by atoms with Gasteiger partial charge in [0.15, 0.2) is 0 Å². The monoisotopic (exact) mass is 313 g/mol. The van der Waals surface area contributed by atoms with E-state index in [1.54, 1.807) is 26.0 Å². The fourth-order valence-electron chi connectivity index (χ4n) is 2.83. The Morgan fingerprint density at radius 2 is 1.90 bits per heavy atom. The normalized spacial score (nSPS) is 19.7. The summed E-state index contributed by atoms with van der Waals surface area (Å²) in [5.74, 6) is -0.514. The van der Waals surface area contributed by atoms with Crippen molar-refractivity contribution in [3.05, 3.63) is 23.3 Å². The molecule has 1 heterocycles. The molecule has 0 bridgehead atoms. The molecule has 1 fully saturated rings. The van der Waals surface area contributed by atoms with Crippen LogP contribution in [0.4, 0.5) is 0 Å². The Bertz CT molecular complexity index is 645. The number of methoxy groups -OCH3 is 1. The molecule has 0 unspecified atom stereocenters. The van der Waals surface area contributed by atoms with Crippen molar-refractivity contribution in [2.45, 2.75) is 37.6 Å². The molecule has 0 aliphatic carbocycles. The average Bonchev–Trinajstić information content (AvgIpc) is 2.87. The molecule has 21 heavy (non-hydrogen) atoms. The van der Waals surface area contributed by atoms with Gasteiger partial charge in [0.2, 0.25) is 10.0 Å². The maximum absolute atomic E-state index is 12.8. The fraction of sp³-hybridized carbons (Fsp3) is 0.500. The zero-order valence-electron chi connectivity index (χ0n) is 12.3. The molecule has 1 saturated heterocycles. The number of hydrogen-bond donors (Lipinski definition) is 1. The van der Waals surface area contributed by atoms with Crippen LogP contribution in [0.1, 0.15) is 24.0 Å². The molecule has 7 heteroatoms. The number of hydrogen-bond acceptors (Lipinski definition) is 4. The second-order valence-electron chi connectivity index (χ2n) is 5.20. The lowest BCUT2D eigenvalue weighted by Crippen LogP contribution is -2.40. The topological polar surface area (TPSA) is 83.9 Å². The van der Waals surface area contributed by atoms with E-state index in [9.17, 15) is 18.3 Å². The van der Waals surface area contributed by atoms with Crippen LogP contribution in [0.25, 0.3) is 0 Å². The highest BCUT2D eigenvalue weighted by Gasteiger charge is 2.40. The first-order chi connectivity index (χ1) is 9.78. The number of ether oxygens (including phenoxy) is 1. The number of nitrogens with zero attached hydrogens (tertiary/aromatic N) is 1. The molecule has 0 saturated carbocycles. The van der Waals surface area contributed by atoms with Crippen molar-refractivity contribution in [2.24, 2.45) is 0 Å². The van der Waals surface area contributed by atoms with Crippen LogP contribution >= 0.6 is 0 Å². The third-order valence-electron chi connectivity index (χ3n) is 3.72. The van der Waals surface area contributed by atoms with E-state index >= 15 is 0 Å². The smallest absolute Gasteiger partial charge is 0.322 e. The highest BCUT2D eigenvalue weighted by atomic mass is 32.2. The van der Waals surface area contributed by atoms with E-state index in [0.29, 0.717) is 29.7 Å². The first kappa shape index (κ1) is 15.8. The van der Waals surface area contributed by atoms with Gasteiger partial charge in [-0.1, -0.05) is 0 Å². The number of aliphatic carboxylic acids is 1. The summed E-state index contributed by atoms with van der Waals surface area (Å²) in [5.41, 5.74) is 1.12. The summed E-state index contributed by atoms with van der Waals surface area (Å²) >= 11 is 0. The van der Waals surface area contributed by atoms with E-state index in [-0.39, 0.29) is 11.4 Å². The lowest BCUT2D eigenvalue weighted by molar-refractivity contribution is -0.140. The molecule has 0 amide bonds. The Morgan fingerprint density at radius 1 is 1.33 bits per heavy atom. The van der Waals surface area contributed by atoms with E-state index in [1.165, 1.54) is 7.11 Å². The van der Waals surface area contributed by atoms with Crippen LogP contribution in [0.5, 0.6) is 5.75 Å². The predicted octanol–water partition coefficient (Wildman–Crippen LogP) is 1.55. The lowest BCUT2D eigenvalue weighted by Gasteiger charge is -2.23. The Morgan fingerprint density at radius 3 is 2.38 bits per heavy atom. The molecule has 1 N–H and O–H groups in total. The van der Waals surface area contributed by atoms with E-state index < -0.39 is 22.0 Å². The van der Waals surface area contributed by atoms with Crippen molar-refractivity contribution in [3.63, 3.8) is 0 Å². The molecule has 1 aromatic rings. The van der Waals surface area contributed by atoms with Crippen LogP contribution in [0.15, 0.2) is 17.0 Å². The van der Waals surface area contributed by atoms with Crippen LogP contribution < -0.4 is 4.74 Å². The second kappa shape index (κ2) is 5.65. The zero-order valence-corrected chi connectivity index (χ0v) is 13.1. The van der Waals surface area contributed by atoms with Crippen molar-refractivity contribution in [1.82, 2.24) is 4.31 Å². The van der Waals surface area contributed by atoms with Crippen molar-refractivity contribution in [3.8, 4) is 5.75 Å². The molecule has 6 nitrogen and oxygen atoms in total. The van der Waals surface area contributed by atoms with Gasteiger partial charge in [-0.15, -0.1) is 0 Å². The Kier molecular flexibility index (Phi) is 4.25. The largest absolute Gasteiger partial charge is 0.497 e. The molecule has 1 atom stereocenters. The first-order valence-corrected chi connectivity index (χ1v) is 8.13. The number of carboxylic acid groups (broad SMARTS) is 1. The van der Waals surface area contributed by atoms with E-state index in [0.717, 1.165) is 4.31 Å². The summed E-state index contributed by atoms with van der Waals surface area (Å²) < 4.78 is 31.8. The molecule has 2 rings (SSSR count). The number of rotatable bonds is 4. The minimum absolute atomic E-state index is 0.177. The Labute approximate surface area is 124 Å². The fourth-order valence-corrected chi connectivity index (χ4v) is 4.89. The molecular formula is C14H19NO5S. The third-order valence-corrected chi connectivity index (χ3v) is 5.94. The van der Waals surface area contributed by atoms with Gasteiger partial charge < -0.3 is 9.84 Å². The van der Waals surface area contributed by atoms with Gasteiger partial charge in [0, 0.05) is 6.54 Å². The summed E-state index contributed by atoms with van der Waals surface area (Å²) in [5, 5.41) is 9.19. The minimum Gasteiger partial charge on any atom is -0.497 e. The van der Waals surface area contributed by atoms with Crippen molar-refractivity contribution >= 4 is 16.0 Å². The summed E-state index contributed by atoms with van der Waals surface area (Å²) in [7, 11) is -2.31. The van der Waals surface area contributed by atoms with E-state index in [1.807, 2.05) is 0 Å². The minimum atomic E-state index is -3.82. The van der Waals surface area contributed by atoms with Gasteiger partial charge in [0.25, 0.3) is 0 Å². The molecule has 0 aromatic heterocycles. The highest BCUT2D eigenvalue weighted by Crippen LogP contribution is 2.32. The van der Waals surface area contributed by atoms with Crippen molar-refractivity contribution < 1.29 is 23.1 Å². The van der Waals surface area contributed by atoms with Crippen LogP contribution in [0.2, 0.25) is 0 Å². The first-order valence-electron chi connectivity index (χ1n) is 6.69. The maximum Gasteiger partial charge on any atom is 0.322 e. The van der Waals surface area contributed by atoms with Gasteiger partial charge in [-0.2, -0.15) is 4.31 Å². The van der Waals surface area contributed by atoms with Gasteiger partial charge in [-0.3, -0.25) is 4.79 Å². The summed E-state index contributed by atoms with van der Waals surface area (Å²) in [4.78, 5) is 11.4. The predicted molar refractivity (Wildman–Crippen MR) is 77.0 cm³/mol. The lowest BCUT2D eigenvalue weighted by atomic mass is 10.1. The molecule has 1 aliphatic heterocycles. The summed E-state index contributed by atoms with van der Waals surface area (Å²) in [6, 6.07) is 2.31. The third kappa shape index (κ3) is 2.75. The number of benzene rings is 1. The maximum atomic E-state index is 12.8. The van der Waals surface area contributed by atoms with Crippen LogP contribution in [0.3, 0.4) is 0 Å². The van der Waals surface area contributed by atoms with Crippen LogP contribution in [0, 0.1) is 13.8 Å². The van der Waals surface area contributed by atoms with Crippen molar-refractivity contribution in [2.75, 3.05) is 13.7 Å². The van der Waals surface area contributed by atoms with E-state index in [4.69, 9.17) is 4.74 Å². The standard InChI is InChI=1S/C14H19NO5S/c1-9-7-11(20-3)8-10(2)13(9)21(18,19)15-6-4-5-12(15)14(16)17/h7-8,12H,4-6H2,1-3H3,(H,16,17)/t12-/m0/s1. The number of sulfonamides is 1. The summed E-state index contributed by atoms with van der Waals surface area (Å²) in [6.07, 6.45) is 0.910. The van der Waals surface area contributed by atoms with Gasteiger partial charge in [-0.05, 0) is 49.9 Å². The van der Waals surface area contributed by atoms with Crippen LogP contribution in [-0.4, -0.2) is 43.5 Å². The molecule has 1 aliphatic rings. The van der Waals surface area contributed by atoms with Gasteiger partial charge in [0.1, 0.15) is 11.8 Å². The summed E-state index contributed by atoms with van der Waals surface area (Å²) in [6.45, 7) is 3.62. The Hall–Kier alpha value is -1.60. The SMILES string of the molecule is COc1cc(C)c(S(=O)(=O)N2CCC[C@H]2C(=O)O)c(C)c1.